The van der Waals surface area contributed by atoms with Crippen LogP contribution >= 0.6 is 0 Å². The molecule has 2 aromatic carbocycles. The predicted octanol–water partition coefficient (Wildman–Crippen LogP) is 2.14. The summed E-state index contributed by atoms with van der Waals surface area (Å²) in [5.41, 5.74) is 6.51. The van der Waals surface area contributed by atoms with Crippen molar-refractivity contribution in [2.24, 2.45) is 11.7 Å². The molecule has 0 saturated carbocycles. The van der Waals surface area contributed by atoms with Crippen molar-refractivity contribution in [3.63, 3.8) is 0 Å². The SMILES string of the molecule is NC(=O)COc1cccc(C(=O)N2CCC(C(O)c3ccccc3)CC2)c1. The van der Waals surface area contributed by atoms with Gasteiger partial charge in [0.05, 0.1) is 6.10 Å². The monoisotopic (exact) mass is 368 g/mol. The van der Waals surface area contributed by atoms with Crippen LogP contribution in [0.5, 0.6) is 5.75 Å². The highest BCUT2D eigenvalue weighted by molar-refractivity contribution is 5.94. The molecule has 2 aromatic rings. The number of hydrogen-bond donors (Lipinski definition) is 2. The van der Waals surface area contributed by atoms with Crippen LogP contribution in [0.1, 0.15) is 34.9 Å². The number of primary amides is 1. The van der Waals surface area contributed by atoms with Crippen molar-refractivity contribution in [3.8, 4) is 5.75 Å². The van der Waals surface area contributed by atoms with E-state index in [4.69, 9.17) is 10.5 Å². The third-order valence-corrected chi connectivity index (χ3v) is 4.88. The van der Waals surface area contributed by atoms with Gasteiger partial charge in [-0.1, -0.05) is 36.4 Å². The highest BCUT2D eigenvalue weighted by Crippen LogP contribution is 2.31. The molecule has 0 aromatic heterocycles. The van der Waals surface area contributed by atoms with Crippen molar-refractivity contribution in [2.75, 3.05) is 19.7 Å². The Balaban J connectivity index is 1.58. The maximum Gasteiger partial charge on any atom is 0.255 e. The predicted molar refractivity (Wildman–Crippen MR) is 101 cm³/mol. The number of aliphatic hydroxyl groups is 1. The Morgan fingerprint density at radius 3 is 2.48 bits per heavy atom. The summed E-state index contributed by atoms with van der Waals surface area (Å²) in [6, 6.07) is 16.4. The first-order valence-corrected chi connectivity index (χ1v) is 9.08. The fourth-order valence-electron chi connectivity index (χ4n) is 3.40. The van der Waals surface area contributed by atoms with E-state index in [0.29, 0.717) is 24.4 Å². The first-order chi connectivity index (χ1) is 13.0. The molecule has 0 aliphatic carbocycles. The molecule has 1 heterocycles. The van der Waals surface area contributed by atoms with Crippen LogP contribution in [0.3, 0.4) is 0 Å². The topological polar surface area (TPSA) is 92.9 Å². The molecule has 3 N–H and O–H groups in total. The van der Waals surface area contributed by atoms with Gasteiger partial charge in [-0.2, -0.15) is 0 Å². The maximum absolute atomic E-state index is 12.8. The van der Waals surface area contributed by atoms with E-state index in [2.05, 4.69) is 0 Å². The lowest BCUT2D eigenvalue weighted by Gasteiger charge is -2.34. The maximum atomic E-state index is 12.8. The summed E-state index contributed by atoms with van der Waals surface area (Å²) >= 11 is 0. The van der Waals surface area contributed by atoms with Gasteiger partial charge in [0, 0.05) is 18.7 Å². The highest BCUT2D eigenvalue weighted by atomic mass is 16.5. The fourth-order valence-corrected chi connectivity index (χ4v) is 3.40. The summed E-state index contributed by atoms with van der Waals surface area (Å²) in [4.78, 5) is 25.4. The number of carbonyl (C=O) groups is 2. The molecule has 1 aliphatic heterocycles. The fraction of sp³-hybridized carbons (Fsp3) is 0.333. The molecule has 0 bridgehead atoms. The van der Waals surface area contributed by atoms with Gasteiger partial charge >= 0.3 is 0 Å². The normalized spacial score (nSPS) is 16.0. The van der Waals surface area contributed by atoms with E-state index in [1.165, 1.54) is 0 Å². The second-order valence-corrected chi connectivity index (χ2v) is 6.77. The highest BCUT2D eigenvalue weighted by Gasteiger charge is 2.28. The molecule has 1 atom stereocenters. The lowest BCUT2D eigenvalue weighted by molar-refractivity contribution is -0.119. The number of hydrogen-bond acceptors (Lipinski definition) is 4. The Kier molecular flexibility index (Phi) is 6.08. The molecule has 1 saturated heterocycles. The van der Waals surface area contributed by atoms with Gasteiger partial charge in [0.2, 0.25) is 0 Å². The molecule has 27 heavy (non-hydrogen) atoms. The minimum Gasteiger partial charge on any atom is -0.484 e. The van der Waals surface area contributed by atoms with Gasteiger partial charge in [0.15, 0.2) is 6.61 Å². The van der Waals surface area contributed by atoms with Gasteiger partial charge in [-0.05, 0) is 42.5 Å². The van der Waals surface area contributed by atoms with Crippen LogP contribution in [0.2, 0.25) is 0 Å². The number of nitrogens with two attached hydrogens (primary N) is 1. The summed E-state index contributed by atoms with van der Waals surface area (Å²) in [6.07, 6.45) is 0.994. The third-order valence-electron chi connectivity index (χ3n) is 4.88. The van der Waals surface area contributed by atoms with E-state index < -0.39 is 12.0 Å². The molecular formula is C21H24N2O4. The van der Waals surface area contributed by atoms with Crippen molar-refractivity contribution < 1.29 is 19.4 Å². The molecule has 142 valence electrons. The van der Waals surface area contributed by atoms with Crippen LogP contribution in [-0.2, 0) is 4.79 Å². The Labute approximate surface area is 158 Å². The number of ether oxygens (including phenoxy) is 1. The van der Waals surface area contributed by atoms with Gasteiger partial charge in [-0.15, -0.1) is 0 Å². The lowest BCUT2D eigenvalue weighted by Crippen LogP contribution is -2.39. The summed E-state index contributed by atoms with van der Waals surface area (Å²) < 4.78 is 5.26. The summed E-state index contributed by atoms with van der Waals surface area (Å²) in [6.45, 7) is 0.972. The summed E-state index contributed by atoms with van der Waals surface area (Å²) in [5, 5.41) is 10.6. The first kappa shape index (κ1) is 18.9. The number of benzene rings is 2. The Morgan fingerprint density at radius 2 is 1.81 bits per heavy atom. The van der Waals surface area contributed by atoms with E-state index in [-0.39, 0.29) is 18.4 Å². The second kappa shape index (κ2) is 8.68. The molecule has 6 heteroatoms. The Hall–Kier alpha value is -2.86. The molecule has 1 unspecified atom stereocenters. The Morgan fingerprint density at radius 1 is 1.11 bits per heavy atom. The van der Waals surface area contributed by atoms with Crippen molar-refractivity contribution >= 4 is 11.8 Å². The molecule has 1 fully saturated rings. The van der Waals surface area contributed by atoms with Gasteiger partial charge in [-0.3, -0.25) is 9.59 Å². The number of amides is 2. The summed E-state index contributed by atoms with van der Waals surface area (Å²) in [7, 11) is 0. The minimum atomic E-state index is -0.564. The number of carbonyl (C=O) groups excluding carboxylic acids is 2. The number of likely N-dealkylation sites (tertiary alicyclic amines) is 1. The number of aliphatic hydroxyl groups excluding tert-OH is 1. The quantitative estimate of drug-likeness (QED) is 0.817. The zero-order chi connectivity index (χ0) is 19.2. The summed E-state index contributed by atoms with van der Waals surface area (Å²) in [5.74, 6) is -0.0614. The van der Waals surface area contributed by atoms with E-state index in [9.17, 15) is 14.7 Å². The molecule has 0 spiro atoms. The van der Waals surface area contributed by atoms with Gasteiger partial charge < -0.3 is 20.5 Å². The van der Waals surface area contributed by atoms with Crippen molar-refractivity contribution in [3.05, 3.63) is 65.7 Å². The van der Waals surface area contributed by atoms with Crippen LogP contribution in [-0.4, -0.2) is 41.5 Å². The second-order valence-electron chi connectivity index (χ2n) is 6.77. The third kappa shape index (κ3) is 4.86. The van der Waals surface area contributed by atoms with Gasteiger partial charge in [-0.25, -0.2) is 0 Å². The van der Waals surface area contributed by atoms with Gasteiger partial charge in [0.1, 0.15) is 5.75 Å². The number of nitrogens with zero attached hydrogens (tertiary/aromatic N) is 1. The van der Waals surface area contributed by atoms with Crippen molar-refractivity contribution in [2.45, 2.75) is 18.9 Å². The van der Waals surface area contributed by atoms with Crippen LogP contribution in [0, 0.1) is 5.92 Å². The molecule has 2 amide bonds. The molecule has 6 nitrogen and oxygen atoms in total. The smallest absolute Gasteiger partial charge is 0.255 e. The van der Waals surface area contributed by atoms with Gasteiger partial charge in [0.25, 0.3) is 11.8 Å². The van der Waals surface area contributed by atoms with E-state index >= 15 is 0 Å². The van der Waals surface area contributed by atoms with E-state index in [0.717, 1.165) is 18.4 Å². The molecular weight excluding hydrogens is 344 g/mol. The first-order valence-electron chi connectivity index (χ1n) is 9.08. The average molecular weight is 368 g/mol. The zero-order valence-corrected chi connectivity index (χ0v) is 15.1. The van der Waals surface area contributed by atoms with Crippen molar-refractivity contribution in [1.82, 2.24) is 4.90 Å². The lowest BCUT2D eigenvalue weighted by atomic mass is 9.87. The van der Waals surface area contributed by atoms with Crippen molar-refractivity contribution in [1.29, 1.82) is 0 Å². The zero-order valence-electron chi connectivity index (χ0n) is 15.1. The average Bonchev–Trinajstić information content (AvgIpc) is 2.72. The molecule has 3 rings (SSSR count). The standard InChI is InChI=1S/C21H24N2O4/c22-19(24)14-27-18-8-4-7-17(13-18)21(26)23-11-9-16(10-12-23)20(25)15-5-2-1-3-6-15/h1-8,13,16,20,25H,9-12,14H2,(H2,22,24). The Bertz CT molecular complexity index is 786. The van der Waals surface area contributed by atoms with E-state index in [1.54, 1.807) is 29.2 Å². The van der Waals surface area contributed by atoms with Crippen LogP contribution in [0.15, 0.2) is 54.6 Å². The van der Waals surface area contributed by atoms with Crippen LogP contribution in [0.4, 0.5) is 0 Å². The molecule has 1 aliphatic rings. The molecule has 0 radical (unpaired) electrons. The van der Waals surface area contributed by atoms with Crippen LogP contribution in [0.25, 0.3) is 0 Å². The number of piperidine rings is 1. The minimum absolute atomic E-state index is 0.0767. The number of rotatable bonds is 6. The van der Waals surface area contributed by atoms with E-state index in [1.807, 2.05) is 30.3 Å². The van der Waals surface area contributed by atoms with Crippen LogP contribution < -0.4 is 10.5 Å². The largest absolute Gasteiger partial charge is 0.484 e.